The second-order valence-electron chi connectivity index (χ2n) is 7.59. The van der Waals surface area contributed by atoms with E-state index in [1.165, 1.54) is 24.3 Å². The highest BCUT2D eigenvalue weighted by atomic mass is 32.2. The number of ketones is 1. The van der Waals surface area contributed by atoms with E-state index in [2.05, 4.69) is 4.98 Å². The molecule has 12 heteroatoms. The van der Waals surface area contributed by atoms with Crippen LogP contribution in [0, 0.1) is 0 Å². The second-order valence-corrected chi connectivity index (χ2v) is 9.24. The Morgan fingerprint density at radius 1 is 0.886 bits per heavy atom. The van der Waals surface area contributed by atoms with Gasteiger partial charge in [-0.2, -0.15) is 26.3 Å². The number of rotatable bonds is 8. The summed E-state index contributed by atoms with van der Waals surface area (Å²) in [6, 6.07) is 8.99. The van der Waals surface area contributed by atoms with E-state index in [-0.39, 0.29) is 42.5 Å². The predicted octanol–water partition coefficient (Wildman–Crippen LogP) is 5.66. The Kier molecular flexibility index (Phi) is 7.53. The minimum Gasteiger partial charge on any atom is -0.299 e. The number of pyridine rings is 1. The molecule has 3 aromatic rings. The number of carbonyl (C=O) groups excluding carboxylic acids is 1. The third kappa shape index (κ3) is 7.04. The first-order valence-electron chi connectivity index (χ1n) is 10.1. The summed E-state index contributed by atoms with van der Waals surface area (Å²) in [7, 11) is -5.03. The van der Waals surface area contributed by atoms with Crippen molar-refractivity contribution < 1.29 is 39.6 Å². The molecular weight excluding hydrogens is 498 g/mol. The molecule has 1 aromatic heterocycles. The van der Waals surface area contributed by atoms with Gasteiger partial charge in [-0.3, -0.25) is 14.5 Å². The average molecular weight is 516 g/mol. The van der Waals surface area contributed by atoms with Crippen LogP contribution >= 0.6 is 0 Å². The number of carbonyl (C=O) groups is 1. The molecule has 0 fully saturated rings. The van der Waals surface area contributed by atoms with Crippen LogP contribution in [-0.4, -0.2) is 19.2 Å². The SMILES string of the molecule is O=C(CCc1cccnc1)Cc1ccc(NS(=O)(=O)c2cc(C(F)(F)F)ccc2C(F)(F)F)cc1. The predicted molar refractivity (Wildman–Crippen MR) is 115 cm³/mol. The van der Waals surface area contributed by atoms with Crippen molar-refractivity contribution in [3.63, 3.8) is 0 Å². The Morgan fingerprint density at radius 3 is 2.14 bits per heavy atom. The van der Waals surface area contributed by atoms with Crippen molar-refractivity contribution in [2.24, 2.45) is 0 Å². The summed E-state index contributed by atoms with van der Waals surface area (Å²) in [6.45, 7) is 0. The lowest BCUT2D eigenvalue weighted by Crippen LogP contribution is -2.20. The largest absolute Gasteiger partial charge is 0.417 e. The summed E-state index contributed by atoms with van der Waals surface area (Å²) in [5, 5.41) is 0. The van der Waals surface area contributed by atoms with E-state index in [1.807, 2.05) is 10.8 Å². The zero-order chi connectivity index (χ0) is 25.9. The topological polar surface area (TPSA) is 76.1 Å². The van der Waals surface area contributed by atoms with Gasteiger partial charge in [-0.15, -0.1) is 0 Å². The van der Waals surface area contributed by atoms with E-state index >= 15 is 0 Å². The zero-order valence-electron chi connectivity index (χ0n) is 17.8. The molecule has 1 N–H and O–H groups in total. The minimum absolute atomic E-state index is 0.0408. The maximum absolute atomic E-state index is 13.3. The van der Waals surface area contributed by atoms with Crippen LogP contribution in [0.2, 0.25) is 0 Å². The van der Waals surface area contributed by atoms with Crippen LogP contribution in [0.1, 0.15) is 28.7 Å². The molecule has 1 heterocycles. The summed E-state index contributed by atoms with van der Waals surface area (Å²) < 4.78 is 106. The van der Waals surface area contributed by atoms with Crippen molar-refractivity contribution in [3.05, 3.63) is 89.2 Å². The molecule has 0 aliphatic heterocycles. The van der Waals surface area contributed by atoms with Crippen LogP contribution in [-0.2, 0) is 40.0 Å². The number of aryl methyl sites for hydroxylation is 1. The third-order valence-corrected chi connectivity index (χ3v) is 6.35. The number of Topliss-reactive ketones (excluding diaryl/α,β-unsaturated/α-hetero) is 1. The molecule has 0 spiro atoms. The molecule has 5 nitrogen and oxygen atoms in total. The smallest absolute Gasteiger partial charge is 0.299 e. The maximum Gasteiger partial charge on any atom is 0.417 e. The van der Waals surface area contributed by atoms with E-state index in [1.54, 1.807) is 18.5 Å². The monoisotopic (exact) mass is 516 g/mol. The van der Waals surface area contributed by atoms with Gasteiger partial charge in [0.25, 0.3) is 10.0 Å². The van der Waals surface area contributed by atoms with Gasteiger partial charge in [0.2, 0.25) is 0 Å². The molecule has 0 atom stereocenters. The number of hydrogen-bond donors (Lipinski definition) is 1. The number of nitrogens with zero attached hydrogens (tertiary/aromatic N) is 1. The fourth-order valence-corrected chi connectivity index (χ4v) is 4.51. The van der Waals surface area contributed by atoms with Crippen LogP contribution in [0.4, 0.5) is 32.0 Å². The first-order valence-corrected chi connectivity index (χ1v) is 11.5. The Labute approximate surface area is 196 Å². The maximum atomic E-state index is 13.3. The van der Waals surface area contributed by atoms with Crippen LogP contribution in [0.5, 0.6) is 0 Å². The van der Waals surface area contributed by atoms with E-state index in [0.717, 1.165) is 5.56 Å². The van der Waals surface area contributed by atoms with Gasteiger partial charge in [-0.05, 0) is 53.9 Å². The first kappa shape index (κ1) is 26.2. The van der Waals surface area contributed by atoms with Crippen LogP contribution in [0.15, 0.2) is 71.9 Å². The van der Waals surface area contributed by atoms with Gasteiger partial charge in [0.05, 0.1) is 11.1 Å². The van der Waals surface area contributed by atoms with Crippen LogP contribution in [0.25, 0.3) is 0 Å². The molecule has 0 saturated carbocycles. The van der Waals surface area contributed by atoms with Crippen molar-refractivity contribution in [1.82, 2.24) is 4.98 Å². The van der Waals surface area contributed by atoms with Gasteiger partial charge in [-0.25, -0.2) is 8.42 Å². The lowest BCUT2D eigenvalue weighted by atomic mass is 10.0. The molecule has 2 aromatic carbocycles. The molecule has 3 rings (SSSR count). The van der Waals surface area contributed by atoms with Gasteiger partial charge >= 0.3 is 12.4 Å². The number of sulfonamides is 1. The summed E-state index contributed by atoms with van der Waals surface area (Å²) in [6.07, 6.45) is -6.22. The van der Waals surface area contributed by atoms with E-state index < -0.39 is 38.4 Å². The highest BCUT2D eigenvalue weighted by Crippen LogP contribution is 2.38. The summed E-state index contributed by atoms with van der Waals surface area (Å²) in [5.74, 6) is -0.0963. The Hall–Kier alpha value is -3.41. The molecule has 0 amide bonds. The lowest BCUT2D eigenvalue weighted by molar-refractivity contribution is -0.143. The van der Waals surface area contributed by atoms with Crippen molar-refractivity contribution in [2.45, 2.75) is 36.5 Å². The van der Waals surface area contributed by atoms with Gasteiger partial charge in [0.1, 0.15) is 10.7 Å². The standard InChI is InChI=1S/C23H18F6N2O3S/c24-22(25,26)17-6-10-20(23(27,28)29)21(13-17)35(33,34)31-18-7-3-15(4-8-18)12-19(32)9-5-16-2-1-11-30-14-16/h1-4,6-8,10-11,13-14,31H,5,9,12H2. The summed E-state index contributed by atoms with van der Waals surface area (Å²) in [5.41, 5.74) is -2.03. The van der Waals surface area contributed by atoms with Crippen LogP contribution < -0.4 is 4.72 Å². The quantitative estimate of drug-likeness (QED) is 0.392. The van der Waals surface area contributed by atoms with Gasteiger partial charge in [-0.1, -0.05) is 18.2 Å². The molecule has 0 bridgehead atoms. The zero-order valence-corrected chi connectivity index (χ0v) is 18.6. The molecule has 186 valence electrons. The first-order chi connectivity index (χ1) is 16.3. The van der Waals surface area contributed by atoms with Gasteiger partial charge < -0.3 is 0 Å². The Morgan fingerprint density at radius 2 is 1.57 bits per heavy atom. The number of alkyl halides is 6. The molecule has 35 heavy (non-hydrogen) atoms. The number of aromatic nitrogens is 1. The van der Waals surface area contributed by atoms with Crippen LogP contribution in [0.3, 0.4) is 0 Å². The highest BCUT2D eigenvalue weighted by molar-refractivity contribution is 7.92. The van der Waals surface area contributed by atoms with Crippen molar-refractivity contribution >= 4 is 21.5 Å². The number of nitrogens with one attached hydrogen (secondary N) is 1. The Balaban J connectivity index is 1.75. The molecule has 0 unspecified atom stereocenters. The molecular formula is C23H18F6N2O3S. The second kappa shape index (κ2) is 10.1. The fraction of sp³-hybridized carbons (Fsp3) is 0.217. The van der Waals surface area contributed by atoms with Gasteiger partial charge in [0.15, 0.2) is 0 Å². The third-order valence-electron chi connectivity index (χ3n) is 4.93. The van der Waals surface area contributed by atoms with E-state index in [4.69, 9.17) is 0 Å². The molecule has 0 radical (unpaired) electrons. The number of anilines is 1. The lowest BCUT2D eigenvalue weighted by Gasteiger charge is -2.17. The normalized spacial score (nSPS) is 12.4. The fourth-order valence-electron chi connectivity index (χ4n) is 3.20. The average Bonchev–Trinajstić information content (AvgIpc) is 2.78. The van der Waals surface area contributed by atoms with E-state index in [0.29, 0.717) is 12.0 Å². The summed E-state index contributed by atoms with van der Waals surface area (Å²) in [4.78, 5) is 14.6. The van der Waals surface area contributed by atoms with Crippen molar-refractivity contribution in [3.8, 4) is 0 Å². The Bertz CT molecular complexity index is 1290. The van der Waals surface area contributed by atoms with Crippen molar-refractivity contribution in [1.29, 1.82) is 0 Å². The molecule has 0 aliphatic rings. The highest BCUT2D eigenvalue weighted by Gasteiger charge is 2.40. The number of benzene rings is 2. The number of halogens is 6. The minimum atomic E-state index is -5.20. The van der Waals surface area contributed by atoms with E-state index in [9.17, 15) is 39.6 Å². The van der Waals surface area contributed by atoms with Gasteiger partial charge in [0, 0.05) is 30.9 Å². The van der Waals surface area contributed by atoms with Crippen molar-refractivity contribution in [2.75, 3.05) is 4.72 Å². The molecule has 0 aliphatic carbocycles. The number of hydrogen-bond acceptors (Lipinski definition) is 4. The summed E-state index contributed by atoms with van der Waals surface area (Å²) >= 11 is 0. The molecule has 0 saturated heterocycles.